The molecule has 0 saturated carbocycles. The van der Waals surface area contributed by atoms with Gasteiger partial charge in [0.2, 0.25) is 0 Å². The Bertz CT molecular complexity index is 192. The average Bonchev–Trinajstić information content (AvgIpc) is 2.35. The quantitative estimate of drug-likeness (QED) is 0.335. The van der Waals surface area contributed by atoms with Crippen LogP contribution in [0.15, 0.2) is 0 Å². The molecule has 0 aromatic heterocycles. The van der Waals surface area contributed by atoms with Gasteiger partial charge in [-0.1, -0.05) is 0 Å². The third-order valence-electron chi connectivity index (χ3n) is 3.83. The number of hydrogen-bond acceptors (Lipinski definition) is 2. The number of quaternary nitrogens is 1. The van der Waals surface area contributed by atoms with Crippen molar-refractivity contribution in [1.82, 2.24) is 0 Å². The zero-order valence-corrected chi connectivity index (χ0v) is 12.1. The molecular weight excluding hydrogens is 214 g/mol. The van der Waals surface area contributed by atoms with Gasteiger partial charge >= 0.3 is 5.97 Å². The van der Waals surface area contributed by atoms with Gasteiger partial charge in [0, 0.05) is 6.42 Å². The lowest BCUT2D eigenvalue weighted by Gasteiger charge is -2.35. The van der Waals surface area contributed by atoms with Crippen molar-refractivity contribution in [3.63, 3.8) is 0 Å². The highest BCUT2D eigenvalue weighted by molar-refractivity contribution is 5.69. The van der Waals surface area contributed by atoms with E-state index in [2.05, 4.69) is 20.8 Å². The fraction of sp³-hybridized carbons (Fsp3) is 0.929. The molecule has 0 rings (SSSR count). The van der Waals surface area contributed by atoms with Gasteiger partial charge in [0.25, 0.3) is 0 Å². The smallest absolute Gasteiger partial charge is 0.305 e. The lowest BCUT2D eigenvalue weighted by Crippen LogP contribution is -2.48. The molecule has 0 aliphatic carbocycles. The Balaban J connectivity index is 3.65. The SMILES string of the molecule is CCOC(=O)CCCCC[N+](CC)(CC)CC. The molecule has 3 nitrogen and oxygen atoms in total. The lowest BCUT2D eigenvalue weighted by molar-refractivity contribution is -0.923. The first-order valence-corrected chi connectivity index (χ1v) is 7.14. The lowest BCUT2D eigenvalue weighted by atomic mass is 10.1. The maximum Gasteiger partial charge on any atom is 0.305 e. The normalized spacial score (nSPS) is 11.5. The molecule has 0 amide bonds. The van der Waals surface area contributed by atoms with Crippen molar-refractivity contribution in [1.29, 1.82) is 0 Å². The minimum Gasteiger partial charge on any atom is -0.466 e. The first-order chi connectivity index (χ1) is 8.14. The topological polar surface area (TPSA) is 26.3 Å². The molecule has 0 bridgehead atoms. The number of ether oxygens (including phenoxy) is 1. The maximum absolute atomic E-state index is 11.1. The van der Waals surface area contributed by atoms with Gasteiger partial charge in [0.1, 0.15) is 0 Å². The second kappa shape index (κ2) is 9.46. The van der Waals surface area contributed by atoms with Gasteiger partial charge in [0.15, 0.2) is 0 Å². The molecule has 0 atom stereocenters. The van der Waals surface area contributed by atoms with Crippen molar-refractivity contribution in [3.8, 4) is 0 Å². The molecule has 3 heteroatoms. The number of esters is 1. The maximum atomic E-state index is 11.1. The summed E-state index contributed by atoms with van der Waals surface area (Å²) in [7, 11) is 0. The monoisotopic (exact) mass is 244 g/mol. The number of hydrogen-bond donors (Lipinski definition) is 0. The van der Waals surface area contributed by atoms with Crippen LogP contribution in [0.1, 0.15) is 53.4 Å². The molecule has 0 aliphatic rings. The van der Waals surface area contributed by atoms with Crippen LogP contribution in [-0.2, 0) is 9.53 Å². The highest BCUT2D eigenvalue weighted by atomic mass is 16.5. The van der Waals surface area contributed by atoms with Gasteiger partial charge in [-0.3, -0.25) is 4.79 Å². The van der Waals surface area contributed by atoms with E-state index in [0.717, 1.165) is 12.8 Å². The van der Waals surface area contributed by atoms with Crippen LogP contribution >= 0.6 is 0 Å². The van der Waals surface area contributed by atoms with Crippen LogP contribution in [0.5, 0.6) is 0 Å². The molecular formula is C14H30NO2+. The van der Waals surface area contributed by atoms with E-state index in [9.17, 15) is 4.79 Å². The molecule has 0 aromatic carbocycles. The van der Waals surface area contributed by atoms with Crippen molar-refractivity contribution in [2.75, 3.05) is 32.8 Å². The summed E-state index contributed by atoms with van der Waals surface area (Å²) in [5, 5.41) is 0. The summed E-state index contributed by atoms with van der Waals surface area (Å²) >= 11 is 0. The van der Waals surface area contributed by atoms with Crippen LogP contribution in [0.3, 0.4) is 0 Å². The van der Waals surface area contributed by atoms with E-state index in [1.165, 1.54) is 37.1 Å². The summed E-state index contributed by atoms with van der Waals surface area (Å²) in [4.78, 5) is 11.1. The summed E-state index contributed by atoms with van der Waals surface area (Å²) in [5.41, 5.74) is 0. The molecule has 0 N–H and O–H groups in total. The van der Waals surface area contributed by atoms with E-state index >= 15 is 0 Å². The fourth-order valence-corrected chi connectivity index (χ4v) is 2.27. The van der Waals surface area contributed by atoms with E-state index in [4.69, 9.17) is 4.74 Å². The van der Waals surface area contributed by atoms with Crippen LogP contribution in [0.4, 0.5) is 0 Å². The summed E-state index contributed by atoms with van der Waals surface area (Å²) in [5.74, 6) is -0.0465. The summed E-state index contributed by atoms with van der Waals surface area (Å²) < 4.78 is 6.12. The zero-order chi connectivity index (χ0) is 13.1. The van der Waals surface area contributed by atoms with Crippen molar-refractivity contribution in [2.45, 2.75) is 53.4 Å². The van der Waals surface area contributed by atoms with Crippen LogP contribution < -0.4 is 0 Å². The van der Waals surface area contributed by atoms with Crippen LogP contribution in [0.2, 0.25) is 0 Å². The van der Waals surface area contributed by atoms with Gasteiger partial charge in [-0.25, -0.2) is 0 Å². The number of carbonyl (C=O) groups excluding carboxylic acids is 1. The summed E-state index contributed by atoms with van der Waals surface area (Å²) in [6.45, 7) is 14.0. The Morgan fingerprint density at radius 2 is 1.53 bits per heavy atom. The first-order valence-electron chi connectivity index (χ1n) is 7.14. The van der Waals surface area contributed by atoms with E-state index in [1.54, 1.807) is 0 Å². The molecule has 102 valence electrons. The largest absolute Gasteiger partial charge is 0.466 e. The Morgan fingerprint density at radius 1 is 0.941 bits per heavy atom. The standard InChI is InChI=1S/C14H30NO2/c1-5-15(6-2,7-3)13-11-9-10-12-14(16)17-8-4/h5-13H2,1-4H3/q+1. The molecule has 0 spiro atoms. The Labute approximate surface area is 107 Å². The average molecular weight is 244 g/mol. The third-order valence-corrected chi connectivity index (χ3v) is 3.83. The first kappa shape index (κ1) is 16.4. The Hall–Kier alpha value is -0.570. The van der Waals surface area contributed by atoms with Crippen molar-refractivity contribution < 1.29 is 14.0 Å². The molecule has 0 saturated heterocycles. The van der Waals surface area contributed by atoms with Gasteiger partial charge in [-0.05, 0) is 47.0 Å². The molecule has 0 aromatic rings. The molecule has 0 unspecified atom stereocenters. The number of unbranched alkanes of at least 4 members (excludes halogenated alkanes) is 2. The molecule has 0 aliphatic heterocycles. The fourth-order valence-electron chi connectivity index (χ4n) is 2.27. The summed E-state index contributed by atoms with van der Waals surface area (Å²) in [6.07, 6.45) is 3.90. The molecule has 17 heavy (non-hydrogen) atoms. The van der Waals surface area contributed by atoms with E-state index in [0.29, 0.717) is 13.0 Å². The number of carbonyl (C=O) groups is 1. The zero-order valence-electron chi connectivity index (χ0n) is 12.1. The van der Waals surface area contributed by atoms with Crippen molar-refractivity contribution in [3.05, 3.63) is 0 Å². The second-order valence-corrected chi connectivity index (χ2v) is 4.63. The van der Waals surface area contributed by atoms with Crippen molar-refractivity contribution >= 4 is 5.97 Å². The third kappa shape index (κ3) is 6.67. The van der Waals surface area contributed by atoms with Gasteiger partial charge in [-0.15, -0.1) is 0 Å². The molecule has 0 fully saturated rings. The van der Waals surface area contributed by atoms with Gasteiger partial charge < -0.3 is 9.22 Å². The Kier molecular flexibility index (Phi) is 9.14. The Morgan fingerprint density at radius 3 is 2.00 bits per heavy atom. The van der Waals surface area contributed by atoms with E-state index < -0.39 is 0 Å². The second-order valence-electron chi connectivity index (χ2n) is 4.63. The number of rotatable bonds is 10. The van der Waals surface area contributed by atoms with E-state index in [1.807, 2.05) is 6.92 Å². The van der Waals surface area contributed by atoms with Gasteiger partial charge in [-0.2, -0.15) is 0 Å². The summed E-state index contributed by atoms with van der Waals surface area (Å²) in [6, 6.07) is 0. The highest BCUT2D eigenvalue weighted by Crippen LogP contribution is 2.10. The minimum atomic E-state index is -0.0465. The highest BCUT2D eigenvalue weighted by Gasteiger charge is 2.19. The predicted octanol–water partition coefficient (Wildman–Crippen LogP) is 2.99. The minimum absolute atomic E-state index is 0.0465. The predicted molar refractivity (Wildman–Crippen MR) is 71.9 cm³/mol. The van der Waals surface area contributed by atoms with Gasteiger partial charge in [0.05, 0.1) is 32.8 Å². The van der Waals surface area contributed by atoms with Crippen LogP contribution in [0, 0.1) is 0 Å². The number of nitrogens with zero attached hydrogens (tertiary/aromatic N) is 1. The molecule has 0 radical (unpaired) electrons. The van der Waals surface area contributed by atoms with Crippen LogP contribution in [0.25, 0.3) is 0 Å². The van der Waals surface area contributed by atoms with E-state index in [-0.39, 0.29) is 5.97 Å². The van der Waals surface area contributed by atoms with Crippen molar-refractivity contribution in [2.24, 2.45) is 0 Å². The van der Waals surface area contributed by atoms with Crippen LogP contribution in [-0.4, -0.2) is 43.2 Å². The molecule has 0 heterocycles.